The maximum Gasteiger partial charge on any atom is 0.336 e. The van der Waals surface area contributed by atoms with Crippen molar-refractivity contribution in [1.82, 2.24) is 0 Å². The van der Waals surface area contributed by atoms with E-state index in [0.29, 0.717) is 0 Å². The van der Waals surface area contributed by atoms with Crippen molar-refractivity contribution in [3.05, 3.63) is 0 Å². The number of carbonyl (C=O) groups is 9. The van der Waals surface area contributed by atoms with Gasteiger partial charge in [-0.3, -0.25) is 28.8 Å². The predicted molar refractivity (Wildman–Crippen MR) is 119 cm³/mol. The molecule has 0 atom stereocenters. The summed E-state index contributed by atoms with van der Waals surface area (Å²) in [5.74, 6) is -15.1. The van der Waals surface area contributed by atoms with Crippen molar-refractivity contribution in [2.24, 2.45) is 0 Å². The molecule has 0 fully saturated rings. The van der Waals surface area contributed by atoms with E-state index in [2.05, 4.69) is 0 Å². The maximum absolute atomic E-state index is 10.3. The van der Waals surface area contributed by atoms with E-state index >= 15 is 0 Å². The summed E-state index contributed by atoms with van der Waals surface area (Å²) in [4.78, 5) is 91.5. The quantitative estimate of drug-likeness (QED) is 0.0859. The summed E-state index contributed by atoms with van der Waals surface area (Å²) in [5.41, 5.74) is -8.22. The van der Waals surface area contributed by atoms with Crippen LogP contribution in [0.2, 0.25) is 0 Å². The van der Waals surface area contributed by atoms with E-state index in [9.17, 15) is 43.2 Å². The monoisotopic (exact) mass is 612 g/mol. The Kier molecular flexibility index (Phi) is 18.9. The highest BCUT2D eigenvalue weighted by molar-refractivity contribution is 5.89. The second-order valence-corrected chi connectivity index (χ2v) is 7.43. The smallest absolute Gasteiger partial charge is 0.336 e. The van der Waals surface area contributed by atoms with Crippen LogP contribution in [-0.4, -0.2) is 132 Å². The Labute approximate surface area is 226 Å². The first-order valence-electron chi connectivity index (χ1n) is 9.51. The van der Waals surface area contributed by atoms with Gasteiger partial charge in [0, 0.05) is 0 Å². The van der Waals surface area contributed by atoms with Crippen LogP contribution < -0.4 is 0 Å². The first kappa shape index (κ1) is 42.5. The Morgan fingerprint density at radius 1 is 0.325 bits per heavy atom. The molecule has 40 heavy (non-hydrogen) atoms. The third-order valence-electron chi connectivity index (χ3n) is 3.86. The lowest BCUT2D eigenvalue weighted by Crippen LogP contribution is -2.42. The van der Waals surface area contributed by atoms with Gasteiger partial charge in [0.2, 0.25) is 0 Å². The second-order valence-electron chi connectivity index (χ2n) is 7.43. The zero-order valence-corrected chi connectivity index (χ0v) is 20.5. The molecule has 0 radical (unpaired) electrons. The minimum Gasteiger partial charge on any atom is -0.481 e. The Morgan fingerprint density at radius 3 is 0.475 bits per heavy atom. The van der Waals surface area contributed by atoms with Gasteiger partial charge in [0.1, 0.15) is 0 Å². The maximum atomic E-state index is 10.3. The molecule has 12 N–H and O–H groups in total. The molecule has 0 heterocycles. The van der Waals surface area contributed by atoms with Gasteiger partial charge >= 0.3 is 53.7 Å². The number of carboxylic acid groups (broad SMARTS) is 9. The first-order valence-corrected chi connectivity index (χ1v) is 9.51. The summed E-state index contributed by atoms with van der Waals surface area (Å²) in [5, 5.41) is 101. The molecular weight excluding hydrogens is 588 g/mol. The molecule has 0 saturated carbocycles. The van der Waals surface area contributed by atoms with Crippen LogP contribution in [0.3, 0.4) is 0 Å². The number of aliphatic carboxylic acids is 9. The molecule has 22 heteroatoms. The van der Waals surface area contributed by atoms with E-state index in [1.807, 2.05) is 0 Å². The van der Waals surface area contributed by atoms with Crippen LogP contribution in [-0.2, 0) is 43.2 Å². The molecule has 0 amide bonds. The lowest BCUT2D eigenvalue weighted by molar-refractivity contribution is -0.170. The Morgan fingerprint density at radius 2 is 0.425 bits per heavy atom. The summed E-state index contributed by atoms with van der Waals surface area (Å²) in [7, 11) is 0. The predicted octanol–water partition coefficient (Wildman–Crippen LogP) is -3.32. The lowest BCUT2D eigenvalue weighted by Gasteiger charge is -2.18. The van der Waals surface area contributed by atoms with Gasteiger partial charge in [-0.15, -0.1) is 12.4 Å². The van der Waals surface area contributed by atoms with Crippen molar-refractivity contribution in [1.29, 1.82) is 0 Å². The van der Waals surface area contributed by atoms with E-state index in [0.717, 1.165) is 0 Å². The topological polar surface area (TPSA) is 396 Å². The van der Waals surface area contributed by atoms with Gasteiger partial charge in [-0.25, -0.2) is 14.4 Å². The van der Waals surface area contributed by atoms with Crippen LogP contribution in [0.4, 0.5) is 0 Å². The zero-order chi connectivity index (χ0) is 31.9. The van der Waals surface area contributed by atoms with E-state index < -0.39 is 109 Å². The molecule has 0 aromatic rings. The molecule has 21 nitrogen and oxygen atoms in total. The van der Waals surface area contributed by atoms with Gasteiger partial charge in [-0.05, 0) is 0 Å². The van der Waals surface area contributed by atoms with Crippen molar-refractivity contribution in [3.8, 4) is 0 Å². The summed E-state index contributed by atoms with van der Waals surface area (Å²) in [6.45, 7) is 0. The number of halogens is 1. The van der Waals surface area contributed by atoms with Crippen LogP contribution in [0.1, 0.15) is 38.5 Å². The largest absolute Gasteiger partial charge is 0.481 e. The van der Waals surface area contributed by atoms with Gasteiger partial charge in [-0.2, -0.15) is 0 Å². The van der Waals surface area contributed by atoms with Gasteiger partial charge in [0.25, 0.3) is 0 Å². The fourth-order valence-electron chi connectivity index (χ4n) is 2.14. The van der Waals surface area contributed by atoms with Crippen molar-refractivity contribution in [3.63, 3.8) is 0 Å². The number of hydrogen-bond acceptors (Lipinski definition) is 12. The number of hydrogen-bond donors (Lipinski definition) is 12. The molecular formula is C18H25ClO21. The van der Waals surface area contributed by atoms with Crippen LogP contribution in [0.25, 0.3) is 0 Å². The van der Waals surface area contributed by atoms with Crippen LogP contribution in [0.15, 0.2) is 0 Å². The molecule has 0 aromatic carbocycles. The second kappa shape index (κ2) is 17.8. The lowest BCUT2D eigenvalue weighted by atomic mass is 9.96. The highest BCUT2D eigenvalue weighted by atomic mass is 35.5. The first-order chi connectivity index (χ1) is 17.3. The molecule has 230 valence electrons. The summed E-state index contributed by atoms with van der Waals surface area (Å²) in [6, 6.07) is 0. The standard InChI is InChI=1S/3C6H8O7.ClH/c3*7-3(8)1-6(13,5(11)12)2-4(9)10;/h3*13H,1-2H2,(H,7,8)(H,9,10)(H,11,12);1H. The number of aliphatic hydroxyl groups is 3. The van der Waals surface area contributed by atoms with E-state index in [1.165, 1.54) is 0 Å². The minimum atomic E-state index is -2.74. The highest BCUT2D eigenvalue weighted by Gasteiger charge is 2.42. The van der Waals surface area contributed by atoms with Crippen LogP contribution >= 0.6 is 12.4 Å². The third kappa shape index (κ3) is 18.6. The van der Waals surface area contributed by atoms with Crippen molar-refractivity contribution in [2.45, 2.75) is 55.3 Å². The molecule has 0 aromatic heterocycles. The summed E-state index contributed by atoms with van der Waals surface area (Å²) < 4.78 is 0. The van der Waals surface area contributed by atoms with E-state index in [4.69, 9.17) is 61.3 Å². The zero-order valence-electron chi connectivity index (χ0n) is 19.7. The van der Waals surface area contributed by atoms with E-state index in [-0.39, 0.29) is 12.4 Å². The van der Waals surface area contributed by atoms with Gasteiger partial charge < -0.3 is 61.3 Å². The average Bonchev–Trinajstić information content (AvgIpc) is 2.64. The Hall–Kier alpha value is -4.60. The Bertz CT molecular complexity index is 812. The summed E-state index contributed by atoms with van der Waals surface area (Å²) >= 11 is 0. The van der Waals surface area contributed by atoms with Gasteiger partial charge in [0.05, 0.1) is 38.5 Å². The van der Waals surface area contributed by atoms with Gasteiger partial charge in [0.15, 0.2) is 16.8 Å². The SMILES string of the molecule is Cl.O=C(O)CC(O)(CC(=O)O)C(=O)O.O=C(O)CC(O)(CC(=O)O)C(=O)O.O=C(O)CC(O)(CC(=O)O)C(=O)O. The van der Waals surface area contributed by atoms with Crippen molar-refractivity contribution < 1.29 is 104 Å². The molecule has 0 saturated heterocycles. The Balaban J connectivity index is -0.000000240. The number of carboxylic acids is 9. The van der Waals surface area contributed by atoms with Gasteiger partial charge in [-0.1, -0.05) is 0 Å². The third-order valence-corrected chi connectivity index (χ3v) is 3.86. The molecule has 0 spiro atoms. The molecule has 0 aliphatic carbocycles. The highest BCUT2D eigenvalue weighted by Crippen LogP contribution is 2.17. The number of rotatable bonds is 15. The molecule has 0 aliphatic heterocycles. The van der Waals surface area contributed by atoms with Crippen LogP contribution in [0, 0.1) is 0 Å². The normalized spacial score (nSPS) is 10.6. The van der Waals surface area contributed by atoms with Crippen LogP contribution in [0.5, 0.6) is 0 Å². The fourth-order valence-corrected chi connectivity index (χ4v) is 2.14. The average molecular weight is 613 g/mol. The molecule has 0 unspecified atom stereocenters. The molecule has 0 rings (SSSR count). The fraction of sp³-hybridized carbons (Fsp3) is 0.500. The molecule has 0 aliphatic rings. The minimum absolute atomic E-state index is 0. The summed E-state index contributed by atoms with van der Waals surface area (Å²) in [6.07, 6.45) is -6.87. The van der Waals surface area contributed by atoms with Crippen molar-refractivity contribution >= 4 is 66.1 Å². The molecule has 0 bridgehead atoms. The van der Waals surface area contributed by atoms with Crippen molar-refractivity contribution in [2.75, 3.05) is 0 Å². The van der Waals surface area contributed by atoms with E-state index in [1.54, 1.807) is 0 Å².